The highest BCUT2D eigenvalue weighted by Crippen LogP contribution is 2.28. The third-order valence-electron chi connectivity index (χ3n) is 3.34. The third kappa shape index (κ3) is 3.58. The van der Waals surface area contributed by atoms with Crippen molar-refractivity contribution in [3.05, 3.63) is 21.4 Å². The zero-order valence-corrected chi connectivity index (χ0v) is 13.2. The molecule has 1 aliphatic rings. The molecule has 18 heavy (non-hydrogen) atoms. The highest BCUT2D eigenvalue weighted by molar-refractivity contribution is 9.09. The van der Waals surface area contributed by atoms with Crippen molar-refractivity contribution in [1.82, 2.24) is 5.32 Å². The van der Waals surface area contributed by atoms with Gasteiger partial charge in [0.1, 0.15) is 0 Å². The maximum Gasteiger partial charge on any atom is 0.261 e. The van der Waals surface area contributed by atoms with Crippen molar-refractivity contribution < 1.29 is 4.79 Å². The summed E-state index contributed by atoms with van der Waals surface area (Å²) in [6, 6.07) is 2.11. The minimum Gasteiger partial charge on any atom is -0.351 e. The summed E-state index contributed by atoms with van der Waals surface area (Å²) >= 11 is 5.12. The van der Waals surface area contributed by atoms with Crippen LogP contribution in [0.5, 0.6) is 0 Å². The van der Waals surface area contributed by atoms with Gasteiger partial charge in [0.25, 0.3) is 5.91 Å². The van der Waals surface area contributed by atoms with Crippen LogP contribution < -0.4 is 5.32 Å². The van der Waals surface area contributed by atoms with Gasteiger partial charge in [-0.05, 0) is 43.2 Å². The molecule has 2 nitrogen and oxygen atoms in total. The number of hydrogen-bond donors (Lipinski definition) is 1. The molecule has 1 heterocycles. The number of fused-ring (bicyclic) bond motifs is 1. The van der Waals surface area contributed by atoms with Crippen LogP contribution in [0.15, 0.2) is 6.07 Å². The monoisotopic (exact) mass is 329 g/mol. The van der Waals surface area contributed by atoms with Crippen molar-refractivity contribution in [1.29, 1.82) is 0 Å². The van der Waals surface area contributed by atoms with E-state index in [4.69, 9.17) is 0 Å². The lowest BCUT2D eigenvalue weighted by molar-refractivity contribution is 0.0953. The van der Waals surface area contributed by atoms with Crippen molar-refractivity contribution in [2.75, 3.05) is 11.9 Å². The molecule has 1 unspecified atom stereocenters. The lowest BCUT2D eigenvalue weighted by atomic mass is 10.1. The van der Waals surface area contributed by atoms with Gasteiger partial charge >= 0.3 is 0 Å². The van der Waals surface area contributed by atoms with Crippen LogP contribution in [-0.4, -0.2) is 17.8 Å². The van der Waals surface area contributed by atoms with E-state index < -0.39 is 0 Å². The van der Waals surface area contributed by atoms with Crippen molar-refractivity contribution in [3.63, 3.8) is 0 Å². The van der Waals surface area contributed by atoms with Gasteiger partial charge in [0, 0.05) is 16.8 Å². The van der Waals surface area contributed by atoms with Gasteiger partial charge in [0.05, 0.1) is 4.88 Å². The summed E-state index contributed by atoms with van der Waals surface area (Å²) in [5, 5.41) is 3.94. The summed E-state index contributed by atoms with van der Waals surface area (Å²) in [6.45, 7) is 2.87. The molecular weight excluding hydrogens is 310 g/mol. The van der Waals surface area contributed by atoms with Crippen LogP contribution in [0.2, 0.25) is 0 Å². The average molecular weight is 330 g/mol. The number of hydrogen-bond acceptors (Lipinski definition) is 2. The van der Waals surface area contributed by atoms with Gasteiger partial charge in [-0.1, -0.05) is 29.3 Å². The Morgan fingerprint density at radius 3 is 3.00 bits per heavy atom. The van der Waals surface area contributed by atoms with Crippen molar-refractivity contribution in [2.24, 2.45) is 5.92 Å². The first-order chi connectivity index (χ1) is 8.70. The smallest absolute Gasteiger partial charge is 0.261 e. The van der Waals surface area contributed by atoms with Crippen LogP contribution in [0.3, 0.4) is 0 Å². The Morgan fingerprint density at radius 2 is 2.22 bits per heavy atom. The predicted molar refractivity (Wildman–Crippen MR) is 80.9 cm³/mol. The number of thiophene rings is 1. The summed E-state index contributed by atoms with van der Waals surface area (Å²) in [5.74, 6) is 0.576. The van der Waals surface area contributed by atoms with Gasteiger partial charge in [-0.2, -0.15) is 0 Å². The van der Waals surface area contributed by atoms with E-state index in [-0.39, 0.29) is 5.91 Å². The van der Waals surface area contributed by atoms with Crippen LogP contribution in [0.1, 0.15) is 46.3 Å². The number of rotatable bonds is 4. The number of nitrogens with one attached hydrogen (secondary N) is 1. The first-order valence-corrected chi connectivity index (χ1v) is 8.60. The second kappa shape index (κ2) is 6.71. The second-order valence-electron chi connectivity index (χ2n) is 5.09. The highest BCUT2D eigenvalue weighted by Gasteiger charge is 2.16. The number of carbonyl (C=O) groups excluding carboxylic acids is 1. The van der Waals surface area contributed by atoms with Crippen molar-refractivity contribution in [2.45, 2.75) is 39.0 Å². The Hall–Kier alpha value is -0.350. The summed E-state index contributed by atoms with van der Waals surface area (Å²) in [5.41, 5.74) is 1.41. The molecule has 0 spiro atoms. The Labute approximate surface area is 121 Å². The van der Waals surface area contributed by atoms with E-state index in [1.54, 1.807) is 11.3 Å². The number of aryl methyl sites for hydroxylation is 2. The fraction of sp³-hybridized carbons (Fsp3) is 0.643. The lowest BCUT2D eigenvalue weighted by Crippen LogP contribution is -2.28. The summed E-state index contributed by atoms with van der Waals surface area (Å²) < 4.78 is 0. The molecule has 1 atom stereocenters. The largest absolute Gasteiger partial charge is 0.351 e. The molecule has 0 radical (unpaired) electrons. The standard InChI is InChI=1S/C14H20BrNOS/c1-10(8-15)9-16-14(17)13-7-11-5-3-2-4-6-12(11)18-13/h7,10H,2-6,8-9H2,1H3,(H,16,17). The topological polar surface area (TPSA) is 29.1 Å². The second-order valence-corrected chi connectivity index (χ2v) is 6.87. The molecule has 1 amide bonds. The Balaban J connectivity index is 1.98. The Bertz CT molecular complexity index is 392. The van der Waals surface area contributed by atoms with E-state index in [9.17, 15) is 4.79 Å². The van der Waals surface area contributed by atoms with Crippen molar-refractivity contribution >= 4 is 33.2 Å². The molecule has 1 aliphatic carbocycles. The molecule has 4 heteroatoms. The van der Waals surface area contributed by atoms with Crippen LogP contribution in [0, 0.1) is 5.92 Å². The predicted octanol–water partition coefficient (Wildman–Crippen LogP) is 3.78. The van der Waals surface area contributed by atoms with E-state index in [1.807, 2.05) is 0 Å². The van der Waals surface area contributed by atoms with E-state index in [1.165, 1.54) is 29.7 Å². The van der Waals surface area contributed by atoms with E-state index in [0.29, 0.717) is 5.92 Å². The number of halogens is 1. The van der Waals surface area contributed by atoms with Gasteiger partial charge in [0.15, 0.2) is 0 Å². The van der Waals surface area contributed by atoms with E-state index in [0.717, 1.165) is 29.6 Å². The Morgan fingerprint density at radius 1 is 1.44 bits per heavy atom. The first kappa shape index (κ1) is 14.1. The van der Waals surface area contributed by atoms with Crippen LogP contribution >= 0.6 is 27.3 Å². The normalized spacial score (nSPS) is 16.8. The molecule has 1 aromatic rings. The highest BCUT2D eigenvalue weighted by atomic mass is 79.9. The quantitative estimate of drug-likeness (QED) is 0.661. The molecule has 1 aromatic heterocycles. The van der Waals surface area contributed by atoms with E-state index in [2.05, 4.69) is 34.2 Å². The maximum atomic E-state index is 12.1. The summed E-state index contributed by atoms with van der Waals surface area (Å²) in [6.07, 6.45) is 6.17. The van der Waals surface area contributed by atoms with Gasteiger partial charge in [-0.15, -0.1) is 11.3 Å². The molecule has 0 fully saturated rings. The Kier molecular flexibility index (Phi) is 5.25. The van der Waals surface area contributed by atoms with Crippen molar-refractivity contribution in [3.8, 4) is 0 Å². The minimum absolute atomic E-state index is 0.0980. The fourth-order valence-corrected chi connectivity index (χ4v) is 3.59. The average Bonchev–Trinajstić information content (AvgIpc) is 2.67. The third-order valence-corrected chi connectivity index (χ3v) is 5.69. The zero-order valence-electron chi connectivity index (χ0n) is 10.8. The maximum absolute atomic E-state index is 12.1. The molecule has 1 N–H and O–H groups in total. The number of amides is 1. The lowest BCUT2D eigenvalue weighted by Gasteiger charge is -2.08. The fourth-order valence-electron chi connectivity index (χ4n) is 2.19. The van der Waals surface area contributed by atoms with Gasteiger partial charge in [-0.3, -0.25) is 4.79 Å². The minimum atomic E-state index is 0.0980. The molecule has 0 aliphatic heterocycles. The first-order valence-electron chi connectivity index (χ1n) is 6.66. The van der Waals surface area contributed by atoms with Gasteiger partial charge in [-0.25, -0.2) is 0 Å². The van der Waals surface area contributed by atoms with Crippen LogP contribution in [0.4, 0.5) is 0 Å². The summed E-state index contributed by atoms with van der Waals surface area (Å²) in [4.78, 5) is 14.4. The summed E-state index contributed by atoms with van der Waals surface area (Å²) in [7, 11) is 0. The van der Waals surface area contributed by atoms with Crippen LogP contribution in [0.25, 0.3) is 0 Å². The van der Waals surface area contributed by atoms with Gasteiger partial charge < -0.3 is 5.32 Å². The zero-order chi connectivity index (χ0) is 13.0. The molecule has 0 bridgehead atoms. The number of alkyl halides is 1. The molecule has 2 rings (SSSR count). The molecule has 0 aromatic carbocycles. The molecule has 0 saturated carbocycles. The van der Waals surface area contributed by atoms with E-state index >= 15 is 0 Å². The van der Waals surface area contributed by atoms with Gasteiger partial charge in [0.2, 0.25) is 0 Å². The number of carbonyl (C=O) groups is 1. The van der Waals surface area contributed by atoms with Crippen LogP contribution in [-0.2, 0) is 12.8 Å². The molecule has 0 saturated heterocycles. The molecule has 100 valence electrons. The molecular formula is C14H20BrNOS. The SMILES string of the molecule is CC(CBr)CNC(=O)c1cc2c(s1)CCCCC2.